The fourth-order valence-corrected chi connectivity index (χ4v) is 3.79. The Hall–Kier alpha value is -2.93. The maximum Gasteiger partial charge on any atom is 0.265 e. The van der Waals surface area contributed by atoms with Gasteiger partial charge in [0.2, 0.25) is 5.71 Å². The molecule has 0 aliphatic carbocycles. The van der Waals surface area contributed by atoms with Gasteiger partial charge in [0.15, 0.2) is 0 Å². The molecule has 7 nitrogen and oxygen atoms in total. The number of aromatic nitrogens is 2. The van der Waals surface area contributed by atoms with Gasteiger partial charge in [0, 0.05) is 20.1 Å². The minimum atomic E-state index is -0.322. The van der Waals surface area contributed by atoms with Gasteiger partial charge in [-0.2, -0.15) is 0 Å². The Labute approximate surface area is 163 Å². The topological polar surface area (TPSA) is 80.4 Å². The Kier molecular flexibility index (Phi) is 5.00. The van der Waals surface area contributed by atoms with Gasteiger partial charge in [-0.15, -0.1) is 0 Å². The SMILES string of the molecule is Cc1oc2ncn(C)c(=O)c2c1C(=O)NCc1ccccc1CN1CCCC1. The predicted octanol–water partition coefficient (Wildman–Crippen LogP) is 2.36. The third-order valence-corrected chi connectivity index (χ3v) is 5.33. The van der Waals surface area contributed by atoms with Crippen LogP contribution in [0.3, 0.4) is 0 Å². The van der Waals surface area contributed by atoms with Crippen molar-refractivity contribution in [3.05, 3.63) is 63.4 Å². The first-order valence-electron chi connectivity index (χ1n) is 9.56. The minimum Gasteiger partial charge on any atom is -0.442 e. The van der Waals surface area contributed by atoms with E-state index in [9.17, 15) is 9.59 Å². The van der Waals surface area contributed by atoms with Gasteiger partial charge in [-0.25, -0.2) is 4.98 Å². The number of rotatable bonds is 5. The number of likely N-dealkylation sites (tertiary alicyclic amines) is 1. The number of hydrogen-bond donors (Lipinski definition) is 1. The van der Waals surface area contributed by atoms with Crippen molar-refractivity contribution in [2.45, 2.75) is 32.9 Å². The summed E-state index contributed by atoms with van der Waals surface area (Å²) in [5.74, 6) is 0.0750. The fourth-order valence-electron chi connectivity index (χ4n) is 3.79. The highest BCUT2D eigenvalue weighted by Crippen LogP contribution is 2.21. The highest BCUT2D eigenvalue weighted by Gasteiger charge is 2.22. The van der Waals surface area contributed by atoms with Crippen LogP contribution in [0.25, 0.3) is 11.1 Å². The molecule has 0 radical (unpaired) electrons. The predicted molar refractivity (Wildman–Crippen MR) is 106 cm³/mol. The summed E-state index contributed by atoms with van der Waals surface area (Å²) in [6.07, 6.45) is 3.88. The molecule has 2 aromatic heterocycles. The largest absolute Gasteiger partial charge is 0.442 e. The van der Waals surface area contributed by atoms with E-state index < -0.39 is 0 Å². The molecule has 1 amide bonds. The first kappa shape index (κ1) is 18.4. The molecule has 0 atom stereocenters. The Morgan fingerprint density at radius 3 is 2.68 bits per heavy atom. The lowest BCUT2D eigenvalue weighted by Gasteiger charge is -2.17. The molecule has 1 N–H and O–H groups in total. The molecular weight excluding hydrogens is 356 g/mol. The molecule has 0 unspecified atom stereocenters. The lowest BCUT2D eigenvalue weighted by Crippen LogP contribution is -2.27. The molecule has 1 aliphatic rings. The van der Waals surface area contributed by atoms with E-state index in [0.29, 0.717) is 12.3 Å². The summed E-state index contributed by atoms with van der Waals surface area (Å²) < 4.78 is 6.88. The van der Waals surface area contributed by atoms with Gasteiger partial charge in [0.1, 0.15) is 17.5 Å². The Morgan fingerprint density at radius 2 is 1.93 bits per heavy atom. The van der Waals surface area contributed by atoms with Crippen molar-refractivity contribution in [2.75, 3.05) is 13.1 Å². The molecule has 3 heterocycles. The second-order valence-electron chi connectivity index (χ2n) is 7.31. The molecular formula is C21H24N4O3. The van der Waals surface area contributed by atoms with Crippen LogP contribution in [0.1, 0.15) is 40.1 Å². The van der Waals surface area contributed by atoms with Crippen LogP contribution in [-0.4, -0.2) is 33.4 Å². The number of benzene rings is 1. The maximum atomic E-state index is 12.9. The van der Waals surface area contributed by atoms with Crippen molar-refractivity contribution in [3.8, 4) is 0 Å². The summed E-state index contributed by atoms with van der Waals surface area (Å²) in [7, 11) is 1.60. The third kappa shape index (κ3) is 3.45. The molecule has 0 bridgehead atoms. The second-order valence-corrected chi connectivity index (χ2v) is 7.31. The Balaban J connectivity index is 1.56. The van der Waals surface area contributed by atoms with E-state index >= 15 is 0 Å². The molecule has 0 saturated carbocycles. The van der Waals surface area contributed by atoms with Crippen LogP contribution in [0.4, 0.5) is 0 Å². The van der Waals surface area contributed by atoms with Gasteiger partial charge in [0.05, 0.1) is 5.56 Å². The highest BCUT2D eigenvalue weighted by atomic mass is 16.3. The minimum absolute atomic E-state index is 0.195. The van der Waals surface area contributed by atoms with Crippen LogP contribution < -0.4 is 10.9 Å². The standard InChI is InChI=1S/C21H24N4O3/c1-14-17(18-20(28-14)23-13-24(2)21(18)27)19(26)22-11-15-7-3-4-8-16(15)12-25-9-5-6-10-25/h3-4,7-8,13H,5-6,9-12H2,1-2H3,(H,22,26). The maximum absolute atomic E-state index is 12.9. The van der Waals surface area contributed by atoms with E-state index in [2.05, 4.69) is 21.3 Å². The first-order chi connectivity index (χ1) is 13.5. The van der Waals surface area contributed by atoms with Gasteiger partial charge in [-0.3, -0.25) is 14.5 Å². The number of hydrogen-bond acceptors (Lipinski definition) is 5. The van der Waals surface area contributed by atoms with Crippen molar-refractivity contribution in [3.63, 3.8) is 0 Å². The van der Waals surface area contributed by atoms with Crippen molar-refractivity contribution < 1.29 is 9.21 Å². The van der Waals surface area contributed by atoms with Crippen molar-refractivity contribution in [1.29, 1.82) is 0 Å². The lowest BCUT2D eigenvalue weighted by atomic mass is 10.1. The second kappa shape index (κ2) is 7.59. The number of fused-ring (bicyclic) bond motifs is 1. The first-order valence-corrected chi connectivity index (χ1v) is 9.56. The van der Waals surface area contributed by atoms with Gasteiger partial charge in [0.25, 0.3) is 11.5 Å². The molecule has 7 heteroatoms. The summed E-state index contributed by atoms with van der Waals surface area (Å²) in [6, 6.07) is 8.15. The van der Waals surface area contributed by atoms with Gasteiger partial charge in [-0.1, -0.05) is 24.3 Å². The number of carbonyl (C=O) groups is 1. The lowest BCUT2D eigenvalue weighted by molar-refractivity contribution is 0.0950. The van der Waals surface area contributed by atoms with E-state index in [1.165, 1.54) is 29.3 Å². The van der Waals surface area contributed by atoms with Crippen LogP contribution in [0.5, 0.6) is 0 Å². The van der Waals surface area contributed by atoms with Crippen LogP contribution in [-0.2, 0) is 20.1 Å². The number of nitrogens with one attached hydrogen (secondary N) is 1. The summed E-state index contributed by atoms with van der Waals surface area (Å²) >= 11 is 0. The van der Waals surface area contributed by atoms with Crippen LogP contribution in [0, 0.1) is 6.92 Å². The zero-order chi connectivity index (χ0) is 19.7. The number of furan rings is 1. The van der Waals surface area contributed by atoms with Crippen LogP contribution in [0.2, 0.25) is 0 Å². The Bertz CT molecular complexity index is 1080. The van der Waals surface area contributed by atoms with Gasteiger partial charge in [-0.05, 0) is 44.0 Å². The van der Waals surface area contributed by atoms with E-state index in [1.54, 1.807) is 14.0 Å². The smallest absolute Gasteiger partial charge is 0.265 e. The molecule has 1 aromatic carbocycles. The van der Waals surface area contributed by atoms with Crippen LogP contribution >= 0.6 is 0 Å². The average Bonchev–Trinajstić information content (AvgIpc) is 3.31. The van der Waals surface area contributed by atoms with E-state index in [0.717, 1.165) is 25.2 Å². The Morgan fingerprint density at radius 1 is 1.21 bits per heavy atom. The van der Waals surface area contributed by atoms with Crippen molar-refractivity contribution in [1.82, 2.24) is 19.8 Å². The zero-order valence-corrected chi connectivity index (χ0v) is 16.2. The van der Waals surface area contributed by atoms with E-state index in [1.807, 2.05) is 18.2 Å². The average molecular weight is 380 g/mol. The van der Waals surface area contributed by atoms with Crippen molar-refractivity contribution in [2.24, 2.45) is 7.05 Å². The monoisotopic (exact) mass is 380 g/mol. The van der Waals surface area contributed by atoms with Gasteiger partial charge < -0.3 is 14.3 Å². The molecule has 4 rings (SSSR count). The zero-order valence-electron chi connectivity index (χ0n) is 16.2. The molecule has 146 valence electrons. The number of amides is 1. The van der Waals surface area contributed by atoms with Gasteiger partial charge >= 0.3 is 0 Å². The summed E-state index contributed by atoms with van der Waals surface area (Å²) in [4.78, 5) is 31.9. The molecule has 3 aromatic rings. The third-order valence-electron chi connectivity index (χ3n) is 5.33. The molecule has 1 fully saturated rings. The summed E-state index contributed by atoms with van der Waals surface area (Å²) in [5.41, 5.74) is 2.47. The number of nitrogens with zero attached hydrogens (tertiary/aromatic N) is 3. The van der Waals surface area contributed by atoms with Crippen molar-refractivity contribution >= 4 is 17.0 Å². The summed E-state index contributed by atoms with van der Waals surface area (Å²) in [6.45, 7) is 5.21. The molecule has 1 aliphatic heterocycles. The van der Waals surface area contributed by atoms with E-state index in [4.69, 9.17) is 4.42 Å². The number of aryl methyl sites for hydroxylation is 2. The normalized spacial score (nSPS) is 14.6. The van der Waals surface area contributed by atoms with Crippen LogP contribution in [0.15, 0.2) is 39.8 Å². The van der Waals surface area contributed by atoms with E-state index in [-0.39, 0.29) is 28.1 Å². The molecule has 1 saturated heterocycles. The molecule has 0 spiro atoms. The highest BCUT2D eigenvalue weighted by molar-refractivity contribution is 6.06. The molecule has 28 heavy (non-hydrogen) atoms. The fraction of sp³-hybridized carbons (Fsp3) is 0.381. The quantitative estimate of drug-likeness (QED) is 0.735. The number of carbonyl (C=O) groups excluding carboxylic acids is 1. The summed E-state index contributed by atoms with van der Waals surface area (Å²) in [5, 5.41) is 3.18.